The van der Waals surface area contributed by atoms with E-state index in [1.165, 1.54) is 0 Å². The van der Waals surface area contributed by atoms with Gasteiger partial charge in [-0.1, -0.05) is 55.7 Å². The predicted octanol–water partition coefficient (Wildman–Crippen LogP) is 0.556. The topological polar surface area (TPSA) is 200 Å². The first kappa shape index (κ1) is 23.1. The molecular formula is C18H25ClN8O3. The fourth-order valence-electron chi connectivity index (χ4n) is 3.05. The fraction of sp³-hybridized carbons (Fsp3) is 0.389. The summed E-state index contributed by atoms with van der Waals surface area (Å²) in [5, 5.41) is 7.87. The second-order valence-electron chi connectivity index (χ2n) is 6.71. The minimum atomic E-state index is -1.08. The number of nitrogen functional groups attached to an aromatic ring is 2. The summed E-state index contributed by atoms with van der Waals surface area (Å²) in [6, 6.07) is 0. The van der Waals surface area contributed by atoms with Crippen LogP contribution in [0.4, 0.5) is 11.6 Å². The molecule has 0 unspecified atom stereocenters. The van der Waals surface area contributed by atoms with Crippen molar-refractivity contribution in [1.82, 2.24) is 14.9 Å². The lowest BCUT2D eigenvalue weighted by Crippen LogP contribution is -2.56. The third-order valence-corrected chi connectivity index (χ3v) is 4.74. The number of nitrogens with two attached hydrogens (primary N) is 4. The maximum atomic E-state index is 13.3. The molecule has 0 atom stereocenters. The second kappa shape index (κ2) is 9.55. The number of amides is 2. The lowest BCUT2D eigenvalue weighted by Gasteiger charge is -2.40. The minimum Gasteiger partial charge on any atom is -0.382 e. The number of carbonyl (C=O) groups excluding carboxylic acids is 2. The van der Waals surface area contributed by atoms with Gasteiger partial charge < -0.3 is 27.7 Å². The Morgan fingerprint density at radius 3 is 2.40 bits per heavy atom. The molecule has 12 heteroatoms. The van der Waals surface area contributed by atoms with Crippen molar-refractivity contribution in [2.45, 2.75) is 37.8 Å². The average Bonchev–Trinajstić information content (AvgIpc) is 2.68. The first-order valence-corrected chi connectivity index (χ1v) is 9.54. The lowest BCUT2D eigenvalue weighted by atomic mass is 9.85. The van der Waals surface area contributed by atoms with Crippen LogP contribution in [-0.2, 0) is 9.53 Å². The third-order valence-electron chi connectivity index (χ3n) is 4.47. The first-order valence-electron chi connectivity index (χ1n) is 9.17. The molecule has 9 N–H and O–H groups in total. The number of nitrogens with one attached hydrogen (secondary N) is 1. The predicted molar refractivity (Wildman–Crippen MR) is 113 cm³/mol. The van der Waals surface area contributed by atoms with Gasteiger partial charge >= 0.3 is 0 Å². The van der Waals surface area contributed by atoms with Gasteiger partial charge in [0.15, 0.2) is 28.4 Å². The van der Waals surface area contributed by atoms with Crippen LogP contribution in [0.2, 0.25) is 5.15 Å². The number of ether oxygens (including phenoxy) is 1. The van der Waals surface area contributed by atoms with Gasteiger partial charge in [0, 0.05) is 0 Å². The molecular weight excluding hydrogens is 412 g/mol. The van der Waals surface area contributed by atoms with Crippen LogP contribution < -0.4 is 22.9 Å². The molecule has 0 saturated heterocycles. The Labute approximate surface area is 178 Å². The monoisotopic (exact) mass is 436 g/mol. The Bertz CT molecular complexity index is 888. The molecule has 1 heterocycles. The number of aromatic nitrogens is 2. The molecule has 1 aromatic heterocycles. The van der Waals surface area contributed by atoms with E-state index < -0.39 is 29.4 Å². The lowest BCUT2D eigenvalue weighted by molar-refractivity contribution is -0.123. The summed E-state index contributed by atoms with van der Waals surface area (Å²) in [5.74, 6) is -2.22. The molecule has 1 aromatic rings. The normalized spacial score (nSPS) is 20.1. The van der Waals surface area contributed by atoms with E-state index in [0.29, 0.717) is 6.42 Å². The van der Waals surface area contributed by atoms with Crippen LogP contribution in [-0.4, -0.2) is 50.9 Å². The molecule has 0 aromatic carbocycles. The molecule has 1 aliphatic carbocycles. The molecule has 0 fully saturated rings. The summed E-state index contributed by atoms with van der Waals surface area (Å²) in [4.78, 5) is 33.1. The molecule has 0 aliphatic heterocycles. The minimum absolute atomic E-state index is 0.118. The number of anilines is 2. The highest BCUT2D eigenvalue weighted by Gasteiger charge is 2.40. The van der Waals surface area contributed by atoms with E-state index in [4.69, 9.17) is 44.7 Å². The van der Waals surface area contributed by atoms with E-state index >= 15 is 0 Å². The van der Waals surface area contributed by atoms with E-state index in [1.54, 1.807) is 24.3 Å². The van der Waals surface area contributed by atoms with Crippen molar-refractivity contribution in [2.24, 2.45) is 11.5 Å². The van der Waals surface area contributed by atoms with Gasteiger partial charge in [0.25, 0.3) is 5.91 Å². The van der Waals surface area contributed by atoms with Gasteiger partial charge in [-0.2, -0.15) is 0 Å². The number of guanidine groups is 1. The van der Waals surface area contributed by atoms with Crippen LogP contribution in [0.25, 0.3) is 0 Å². The second-order valence-corrected chi connectivity index (χ2v) is 7.07. The van der Waals surface area contributed by atoms with Crippen molar-refractivity contribution in [3.8, 4) is 0 Å². The van der Waals surface area contributed by atoms with Gasteiger partial charge in [0.2, 0.25) is 5.91 Å². The van der Waals surface area contributed by atoms with Crippen molar-refractivity contribution in [3.05, 3.63) is 35.2 Å². The fourth-order valence-corrected chi connectivity index (χ4v) is 3.17. The Morgan fingerprint density at radius 1 is 1.23 bits per heavy atom. The third kappa shape index (κ3) is 5.05. The summed E-state index contributed by atoms with van der Waals surface area (Å²) in [5.41, 5.74) is 21.0. The number of hydrogen-bond acceptors (Lipinski definition) is 8. The molecule has 11 nitrogen and oxygen atoms in total. The van der Waals surface area contributed by atoms with E-state index in [9.17, 15) is 9.59 Å². The van der Waals surface area contributed by atoms with E-state index in [2.05, 4.69) is 9.97 Å². The van der Waals surface area contributed by atoms with E-state index in [-0.39, 0.29) is 29.1 Å². The molecule has 0 saturated carbocycles. The SMILES string of the molecule is CCCCC1(N(C(=N)N)C(=O)c2nc(Cl)c(N)nc2N)C=CC(OCC(N)=O)C=C1. The molecule has 2 rings (SSSR count). The van der Waals surface area contributed by atoms with Crippen molar-refractivity contribution >= 4 is 41.0 Å². The van der Waals surface area contributed by atoms with Gasteiger partial charge in [-0.15, -0.1) is 0 Å². The van der Waals surface area contributed by atoms with Crippen LogP contribution in [0.3, 0.4) is 0 Å². The number of nitrogens with zero attached hydrogens (tertiary/aromatic N) is 3. The Morgan fingerprint density at radius 2 is 1.87 bits per heavy atom. The first-order chi connectivity index (χ1) is 14.1. The molecule has 0 spiro atoms. The van der Waals surface area contributed by atoms with Crippen LogP contribution in [0.1, 0.15) is 36.7 Å². The zero-order valence-electron chi connectivity index (χ0n) is 16.5. The highest BCUT2D eigenvalue weighted by atomic mass is 35.5. The molecule has 162 valence electrons. The van der Waals surface area contributed by atoms with Gasteiger partial charge in [0.05, 0.1) is 11.6 Å². The van der Waals surface area contributed by atoms with Gasteiger partial charge in [-0.3, -0.25) is 19.9 Å². The van der Waals surface area contributed by atoms with E-state index in [0.717, 1.165) is 17.7 Å². The highest BCUT2D eigenvalue weighted by molar-refractivity contribution is 6.31. The number of rotatable bonds is 8. The summed E-state index contributed by atoms with van der Waals surface area (Å²) >= 11 is 5.91. The highest BCUT2D eigenvalue weighted by Crippen LogP contribution is 2.32. The maximum Gasteiger partial charge on any atom is 0.284 e. The molecule has 30 heavy (non-hydrogen) atoms. The van der Waals surface area contributed by atoms with Crippen molar-refractivity contribution in [1.29, 1.82) is 5.41 Å². The number of primary amides is 1. The largest absolute Gasteiger partial charge is 0.382 e. The molecule has 0 bridgehead atoms. The Kier molecular flexibility index (Phi) is 7.35. The average molecular weight is 437 g/mol. The molecule has 2 amide bonds. The summed E-state index contributed by atoms with van der Waals surface area (Å²) in [6.07, 6.45) is 8.20. The Balaban J connectivity index is 2.45. The van der Waals surface area contributed by atoms with Crippen molar-refractivity contribution in [2.75, 3.05) is 18.1 Å². The van der Waals surface area contributed by atoms with Crippen LogP contribution in [0, 0.1) is 5.41 Å². The van der Waals surface area contributed by atoms with Crippen LogP contribution in [0.5, 0.6) is 0 Å². The summed E-state index contributed by atoms with van der Waals surface area (Å²) in [7, 11) is 0. The summed E-state index contributed by atoms with van der Waals surface area (Å²) < 4.78 is 5.37. The molecule has 1 aliphatic rings. The van der Waals surface area contributed by atoms with Gasteiger partial charge in [0.1, 0.15) is 6.61 Å². The van der Waals surface area contributed by atoms with Crippen molar-refractivity contribution < 1.29 is 14.3 Å². The standard InChI is InChI=1S/C18H25ClN8O3/c1-2-3-6-18(7-4-10(5-8-18)30-9-11(20)28)27(17(23)24)16(29)12-14(21)26-15(22)13(19)25-12/h4-5,7-8,10H,2-3,6,9H2,1H3,(H2,20,28)(H3,23,24)(H4,21,22,26). The molecule has 0 radical (unpaired) electrons. The Hall–Kier alpha value is -3.18. The summed E-state index contributed by atoms with van der Waals surface area (Å²) in [6.45, 7) is 1.73. The van der Waals surface area contributed by atoms with Crippen LogP contribution in [0.15, 0.2) is 24.3 Å². The van der Waals surface area contributed by atoms with E-state index in [1.807, 2.05) is 6.92 Å². The quantitative estimate of drug-likeness (QED) is 0.221. The van der Waals surface area contributed by atoms with Gasteiger partial charge in [-0.05, 0) is 6.42 Å². The van der Waals surface area contributed by atoms with Crippen LogP contribution >= 0.6 is 11.6 Å². The smallest absolute Gasteiger partial charge is 0.284 e. The number of unbranched alkanes of at least 4 members (excludes halogenated alkanes) is 1. The number of halogens is 1. The number of hydrogen-bond donors (Lipinski definition) is 5. The van der Waals surface area contributed by atoms with Gasteiger partial charge in [-0.25, -0.2) is 9.97 Å². The zero-order valence-corrected chi connectivity index (χ0v) is 17.2. The van der Waals surface area contributed by atoms with Crippen molar-refractivity contribution in [3.63, 3.8) is 0 Å². The maximum absolute atomic E-state index is 13.3. The number of carbonyl (C=O) groups is 2. The zero-order chi connectivity index (χ0) is 22.5.